The zero-order valence-corrected chi connectivity index (χ0v) is 20.1. The fourth-order valence-corrected chi connectivity index (χ4v) is 5.21. The van der Waals surface area contributed by atoms with E-state index in [0.29, 0.717) is 5.75 Å². The molecule has 1 aromatic carbocycles. The van der Waals surface area contributed by atoms with Crippen LogP contribution in [0, 0.1) is 17.2 Å². The lowest BCUT2D eigenvalue weighted by Gasteiger charge is -2.40. The van der Waals surface area contributed by atoms with Gasteiger partial charge in [0.05, 0.1) is 24.7 Å². The topological polar surface area (TPSA) is 71.3 Å². The van der Waals surface area contributed by atoms with Gasteiger partial charge in [0.1, 0.15) is 11.7 Å². The van der Waals surface area contributed by atoms with Crippen LogP contribution < -0.4 is 10.1 Å². The molecule has 156 valence electrons. The third-order valence-corrected chi connectivity index (χ3v) is 11.0. The van der Waals surface area contributed by atoms with Gasteiger partial charge in [-0.1, -0.05) is 32.9 Å². The van der Waals surface area contributed by atoms with E-state index in [-0.39, 0.29) is 22.4 Å². The van der Waals surface area contributed by atoms with Gasteiger partial charge in [-0.3, -0.25) is 4.79 Å². The van der Waals surface area contributed by atoms with Crippen molar-refractivity contribution in [1.82, 2.24) is 5.32 Å². The van der Waals surface area contributed by atoms with E-state index in [0.717, 1.165) is 11.3 Å². The number of ether oxygens (including phenoxy) is 1. The van der Waals surface area contributed by atoms with Crippen molar-refractivity contribution in [3.63, 3.8) is 0 Å². The van der Waals surface area contributed by atoms with E-state index < -0.39 is 14.2 Å². The number of methoxy groups -OCH3 is 1. The molecule has 0 bridgehead atoms. The van der Waals surface area contributed by atoms with Gasteiger partial charge in [0.2, 0.25) is 5.91 Å². The fourth-order valence-electron chi connectivity index (χ4n) is 2.48. The number of rotatable bonds is 9. The van der Waals surface area contributed by atoms with Crippen molar-refractivity contribution in [2.24, 2.45) is 5.92 Å². The summed E-state index contributed by atoms with van der Waals surface area (Å²) in [7, 11) is -0.380. The molecule has 0 saturated carbocycles. The maximum atomic E-state index is 11.8. The van der Waals surface area contributed by atoms with E-state index in [2.05, 4.69) is 45.3 Å². The molecule has 1 amide bonds. The van der Waals surface area contributed by atoms with Crippen LogP contribution in [0.4, 0.5) is 0 Å². The first-order valence-electron chi connectivity index (χ1n) is 9.50. The molecule has 1 rings (SSSR count). The minimum absolute atomic E-state index is 0.0566. The van der Waals surface area contributed by atoms with Crippen molar-refractivity contribution in [3.05, 3.63) is 29.8 Å². The molecule has 0 radical (unpaired) electrons. The molecule has 7 heteroatoms. The Morgan fingerprint density at radius 1 is 1.29 bits per heavy atom. The summed E-state index contributed by atoms with van der Waals surface area (Å²) in [6.07, 6.45) is -0.272. The van der Waals surface area contributed by atoms with Crippen molar-refractivity contribution >= 4 is 26.0 Å². The van der Waals surface area contributed by atoms with E-state index >= 15 is 0 Å². The molecule has 0 aliphatic rings. The van der Waals surface area contributed by atoms with Gasteiger partial charge in [0, 0.05) is 12.7 Å². The largest absolute Gasteiger partial charge is 0.497 e. The van der Waals surface area contributed by atoms with Crippen LogP contribution >= 0.6 is 11.8 Å². The Balaban J connectivity index is 2.92. The molecule has 0 aliphatic heterocycles. The quantitative estimate of drug-likeness (QED) is 0.451. The van der Waals surface area contributed by atoms with E-state index in [1.54, 1.807) is 18.9 Å². The first-order valence-corrected chi connectivity index (χ1v) is 13.5. The van der Waals surface area contributed by atoms with Gasteiger partial charge in [-0.05, 0) is 42.8 Å². The lowest BCUT2D eigenvalue weighted by atomic mass is 10.1. The number of thioether (sulfide) groups is 1. The van der Waals surface area contributed by atoms with Crippen LogP contribution in [0.2, 0.25) is 18.1 Å². The number of nitriles is 1. The van der Waals surface area contributed by atoms with Crippen LogP contribution in [-0.2, 0) is 15.0 Å². The summed E-state index contributed by atoms with van der Waals surface area (Å²) >= 11 is 1.55. The van der Waals surface area contributed by atoms with Gasteiger partial charge in [-0.2, -0.15) is 5.26 Å². The molecule has 0 spiro atoms. The maximum absolute atomic E-state index is 11.8. The smallest absolute Gasteiger partial charge is 0.217 e. The molecule has 1 aromatic rings. The Morgan fingerprint density at radius 3 is 2.29 bits per heavy atom. The predicted molar refractivity (Wildman–Crippen MR) is 119 cm³/mol. The minimum atomic E-state index is -2.02. The molecular weight excluding hydrogens is 388 g/mol. The zero-order chi connectivity index (χ0) is 21.5. The van der Waals surface area contributed by atoms with Gasteiger partial charge in [-0.15, -0.1) is 11.8 Å². The molecule has 0 fully saturated rings. The van der Waals surface area contributed by atoms with E-state index in [9.17, 15) is 10.1 Å². The predicted octanol–water partition coefficient (Wildman–Crippen LogP) is 4.94. The molecule has 0 saturated heterocycles. The van der Waals surface area contributed by atoms with E-state index in [1.165, 1.54) is 6.92 Å². The van der Waals surface area contributed by atoms with Crippen molar-refractivity contribution in [3.8, 4) is 11.8 Å². The van der Waals surface area contributed by atoms with Gasteiger partial charge in [0.15, 0.2) is 8.32 Å². The summed E-state index contributed by atoms with van der Waals surface area (Å²) in [6, 6.07) is 10.2. The Bertz CT molecular complexity index is 680. The third kappa shape index (κ3) is 7.15. The average Bonchev–Trinajstić information content (AvgIpc) is 2.58. The minimum Gasteiger partial charge on any atom is -0.497 e. The maximum Gasteiger partial charge on any atom is 0.217 e. The number of nitrogens with zero attached hydrogens (tertiary/aromatic N) is 1. The monoisotopic (exact) mass is 422 g/mol. The molecule has 0 aromatic heterocycles. The lowest BCUT2D eigenvalue weighted by molar-refractivity contribution is -0.119. The molecule has 0 unspecified atom stereocenters. The second-order valence-electron chi connectivity index (χ2n) is 8.52. The normalized spacial score (nSPS) is 15.2. The second kappa shape index (κ2) is 10.3. The van der Waals surface area contributed by atoms with E-state index in [4.69, 9.17) is 9.16 Å². The Morgan fingerprint density at radius 2 is 1.86 bits per heavy atom. The zero-order valence-electron chi connectivity index (χ0n) is 18.3. The van der Waals surface area contributed by atoms with Crippen molar-refractivity contribution in [2.75, 3.05) is 7.11 Å². The molecule has 3 atom stereocenters. The standard InChI is InChI=1S/C21H34N2O3SSi/c1-15(26-28(7,8)21(3,4)5)19(13-22)20(23-16(2)24)27-14-17-9-11-18(25-6)12-10-17/h9-12,15,19-20H,14H2,1-8H3,(H,23,24)/t15-,19-,20-/m1/s1. The van der Waals surface area contributed by atoms with Crippen molar-refractivity contribution in [2.45, 2.75) is 70.0 Å². The highest BCUT2D eigenvalue weighted by Gasteiger charge is 2.41. The summed E-state index contributed by atoms with van der Waals surface area (Å²) in [4.78, 5) is 11.8. The lowest BCUT2D eigenvalue weighted by Crippen LogP contribution is -2.48. The Hall–Kier alpha value is -1.49. The molecule has 1 N–H and O–H groups in total. The molecular formula is C21H34N2O3SSi. The second-order valence-corrected chi connectivity index (χ2v) is 14.4. The van der Waals surface area contributed by atoms with Crippen molar-refractivity contribution < 1.29 is 14.0 Å². The third-order valence-electron chi connectivity index (χ3n) is 5.20. The number of nitrogens with one attached hydrogen (secondary N) is 1. The number of hydrogen-bond acceptors (Lipinski definition) is 5. The van der Waals surface area contributed by atoms with E-state index in [1.807, 2.05) is 31.2 Å². The van der Waals surface area contributed by atoms with Gasteiger partial charge >= 0.3 is 0 Å². The average molecular weight is 423 g/mol. The van der Waals surface area contributed by atoms with Crippen LogP contribution in [0.25, 0.3) is 0 Å². The number of benzene rings is 1. The van der Waals surface area contributed by atoms with Crippen LogP contribution in [0.15, 0.2) is 24.3 Å². The number of carbonyl (C=O) groups is 1. The van der Waals surface area contributed by atoms with Crippen LogP contribution in [0.5, 0.6) is 5.75 Å². The Labute approximate surface area is 175 Å². The van der Waals surface area contributed by atoms with Gasteiger partial charge in [0.25, 0.3) is 0 Å². The molecule has 28 heavy (non-hydrogen) atoms. The number of amides is 1. The summed E-state index contributed by atoms with van der Waals surface area (Å²) in [5.74, 6) is 0.895. The molecule has 5 nitrogen and oxygen atoms in total. The SMILES string of the molecule is COc1ccc(CS[C@@H](NC(C)=O)[C@H](C#N)[C@@H](C)O[Si](C)(C)C(C)(C)C)cc1. The van der Waals surface area contributed by atoms with Gasteiger partial charge in [-0.25, -0.2) is 0 Å². The fraction of sp³-hybridized carbons (Fsp3) is 0.619. The van der Waals surface area contributed by atoms with Gasteiger partial charge < -0.3 is 14.5 Å². The highest BCUT2D eigenvalue weighted by molar-refractivity contribution is 7.99. The summed E-state index contributed by atoms with van der Waals surface area (Å²) in [6.45, 7) is 14.3. The number of carbonyl (C=O) groups excluding carboxylic acids is 1. The number of hydrogen-bond donors (Lipinski definition) is 1. The molecule has 0 heterocycles. The molecule has 0 aliphatic carbocycles. The summed E-state index contributed by atoms with van der Waals surface area (Å²) in [5, 5.41) is 12.5. The highest BCUT2D eigenvalue weighted by atomic mass is 32.2. The summed E-state index contributed by atoms with van der Waals surface area (Å²) in [5.41, 5.74) is 1.11. The Kier molecular flexibility index (Phi) is 9.06. The first kappa shape index (κ1) is 24.5. The van der Waals surface area contributed by atoms with Crippen LogP contribution in [-0.4, -0.2) is 32.8 Å². The summed E-state index contributed by atoms with van der Waals surface area (Å²) < 4.78 is 11.6. The van der Waals surface area contributed by atoms with Crippen molar-refractivity contribution in [1.29, 1.82) is 5.26 Å². The first-order chi connectivity index (χ1) is 12.9. The van der Waals surface area contributed by atoms with Crippen LogP contribution in [0.3, 0.4) is 0 Å². The highest BCUT2D eigenvalue weighted by Crippen LogP contribution is 2.39. The van der Waals surface area contributed by atoms with Crippen LogP contribution in [0.1, 0.15) is 40.2 Å².